The Morgan fingerprint density at radius 1 is 1.56 bits per heavy atom. The van der Waals surface area contributed by atoms with E-state index in [1.807, 2.05) is 0 Å². The number of hydrogen-bond acceptors (Lipinski definition) is 3. The van der Waals surface area contributed by atoms with E-state index in [1.165, 1.54) is 6.07 Å². The third-order valence-electron chi connectivity index (χ3n) is 3.73. The fraction of sp³-hybridized carbons (Fsp3) is 0.462. The first-order chi connectivity index (χ1) is 8.47. The molecule has 4 nitrogen and oxygen atoms in total. The lowest BCUT2D eigenvalue weighted by Crippen LogP contribution is -2.16. The molecule has 0 saturated heterocycles. The summed E-state index contributed by atoms with van der Waals surface area (Å²) in [5, 5.41) is 11.9. The number of carbonyl (C=O) groups is 1. The van der Waals surface area contributed by atoms with Crippen molar-refractivity contribution >= 4 is 17.3 Å². The molecule has 1 aliphatic rings. The van der Waals surface area contributed by atoms with E-state index in [0.717, 1.165) is 25.3 Å². The summed E-state index contributed by atoms with van der Waals surface area (Å²) in [5.74, 6) is -1.66. The van der Waals surface area contributed by atoms with Crippen LogP contribution in [0.15, 0.2) is 12.1 Å². The number of rotatable bonds is 5. The van der Waals surface area contributed by atoms with Crippen molar-refractivity contribution in [2.24, 2.45) is 5.41 Å². The molecular weight excluding hydrogens is 235 g/mol. The van der Waals surface area contributed by atoms with Crippen molar-refractivity contribution < 1.29 is 14.3 Å². The van der Waals surface area contributed by atoms with Gasteiger partial charge in [-0.05, 0) is 36.8 Å². The van der Waals surface area contributed by atoms with Gasteiger partial charge in [-0.2, -0.15) is 0 Å². The maximum atomic E-state index is 13.7. The lowest BCUT2D eigenvalue weighted by atomic mass is 10.0. The molecule has 1 aromatic carbocycles. The molecule has 0 amide bonds. The molecule has 1 aliphatic carbocycles. The van der Waals surface area contributed by atoms with Crippen LogP contribution in [-0.4, -0.2) is 17.6 Å². The van der Waals surface area contributed by atoms with Gasteiger partial charge in [0.15, 0.2) is 0 Å². The van der Waals surface area contributed by atoms with E-state index in [4.69, 9.17) is 10.8 Å². The van der Waals surface area contributed by atoms with E-state index >= 15 is 0 Å². The first kappa shape index (κ1) is 12.7. The standard InChI is InChI=1S/C13H17FN2O2/c1-2-13(3-4-13)7-16-11-5-8(12(17)18)10(15)6-9(11)14/h5-6,16H,2-4,7,15H2,1H3,(H,17,18). The van der Waals surface area contributed by atoms with E-state index in [2.05, 4.69) is 12.2 Å². The highest BCUT2D eigenvalue weighted by Gasteiger charge is 2.40. The minimum atomic E-state index is -1.15. The van der Waals surface area contributed by atoms with Crippen molar-refractivity contribution in [1.29, 1.82) is 0 Å². The number of anilines is 2. The second kappa shape index (κ2) is 4.48. The molecule has 98 valence electrons. The van der Waals surface area contributed by atoms with Crippen LogP contribution < -0.4 is 11.1 Å². The summed E-state index contributed by atoms with van der Waals surface area (Å²) in [6, 6.07) is 2.32. The third-order valence-corrected chi connectivity index (χ3v) is 3.73. The minimum Gasteiger partial charge on any atom is -0.478 e. The molecule has 18 heavy (non-hydrogen) atoms. The fourth-order valence-corrected chi connectivity index (χ4v) is 2.02. The Balaban J connectivity index is 2.17. The summed E-state index contributed by atoms with van der Waals surface area (Å²) in [5.41, 5.74) is 5.81. The summed E-state index contributed by atoms with van der Waals surface area (Å²) in [6.45, 7) is 2.78. The van der Waals surface area contributed by atoms with Gasteiger partial charge in [-0.3, -0.25) is 0 Å². The number of carboxylic acid groups (broad SMARTS) is 1. The maximum absolute atomic E-state index is 13.7. The van der Waals surface area contributed by atoms with Gasteiger partial charge in [0.05, 0.1) is 11.3 Å². The molecule has 1 fully saturated rings. The van der Waals surface area contributed by atoms with Crippen LogP contribution in [0.4, 0.5) is 15.8 Å². The van der Waals surface area contributed by atoms with Crippen LogP contribution in [0.5, 0.6) is 0 Å². The number of carboxylic acids is 1. The lowest BCUT2D eigenvalue weighted by molar-refractivity contribution is 0.0698. The number of benzene rings is 1. The van der Waals surface area contributed by atoms with Gasteiger partial charge in [-0.1, -0.05) is 6.92 Å². The zero-order valence-electron chi connectivity index (χ0n) is 10.3. The van der Waals surface area contributed by atoms with Gasteiger partial charge in [0.1, 0.15) is 5.82 Å². The molecule has 5 heteroatoms. The van der Waals surface area contributed by atoms with Crippen molar-refractivity contribution in [3.8, 4) is 0 Å². The predicted molar refractivity (Wildman–Crippen MR) is 68.2 cm³/mol. The maximum Gasteiger partial charge on any atom is 0.337 e. The molecule has 2 rings (SSSR count). The first-order valence-corrected chi connectivity index (χ1v) is 6.03. The summed E-state index contributed by atoms with van der Waals surface area (Å²) in [4.78, 5) is 10.9. The van der Waals surface area contributed by atoms with Crippen molar-refractivity contribution in [2.45, 2.75) is 26.2 Å². The number of nitrogen functional groups attached to an aromatic ring is 1. The molecule has 0 bridgehead atoms. The van der Waals surface area contributed by atoms with Crippen LogP contribution in [0.25, 0.3) is 0 Å². The second-order valence-corrected chi connectivity index (χ2v) is 4.93. The van der Waals surface area contributed by atoms with Gasteiger partial charge in [0.2, 0.25) is 0 Å². The average Bonchev–Trinajstić information content (AvgIpc) is 3.08. The Morgan fingerprint density at radius 3 is 2.72 bits per heavy atom. The number of nitrogens with one attached hydrogen (secondary N) is 1. The van der Waals surface area contributed by atoms with Gasteiger partial charge in [-0.15, -0.1) is 0 Å². The Hall–Kier alpha value is -1.78. The summed E-state index contributed by atoms with van der Waals surface area (Å²) >= 11 is 0. The highest BCUT2D eigenvalue weighted by atomic mass is 19.1. The molecule has 4 N–H and O–H groups in total. The van der Waals surface area contributed by atoms with E-state index in [-0.39, 0.29) is 22.4 Å². The lowest BCUT2D eigenvalue weighted by Gasteiger charge is -2.16. The van der Waals surface area contributed by atoms with Gasteiger partial charge >= 0.3 is 5.97 Å². The Labute approximate surface area is 105 Å². The Morgan fingerprint density at radius 2 is 2.22 bits per heavy atom. The molecule has 0 radical (unpaired) electrons. The zero-order chi connectivity index (χ0) is 13.3. The van der Waals surface area contributed by atoms with Crippen molar-refractivity contribution in [1.82, 2.24) is 0 Å². The van der Waals surface area contributed by atoms with E-state index < -0.39 is 11.8 Å². The van der Waals surface area contributed by atoms with Crippen LogP contribution >= 0.6 is 0 Å². The Bertz CT molecular complexity index is 484. The Kier molecular flexibility index (Phi) is 3.15. The van der Waals surface area contributed by atoms with Crippen molar-refractivity contribution in [3.05, 3.63) is 23.5 Å². The molecule has 1 saturated carbocycles. The van der Waals surface area contributed by atoms with Gasteiger partial charge in [0, 0.05) is 12.2 Å². The van der Waals surface area contributed by atoms with Crippen molar-refractivity contribution in [3.63, 3.8) is 0 Å². The number of hydrogen-bond donors (Lipinski definition) is 3. The van der Waals surface area contributed by atoms with Crippen molar-refractivity contribution in [2.75, 3.05) is 17.6 Å². The largest absolute Gasteiger partial charge is 0.478 e. The fourth-order valence-electron chi connectivity index (χ4n) is 2.02. The smallest absolute Gasteiger partial charge is 0.337 e. The monoisotopic (exact) mass is 252 g/mol. The molecule has 1 aromatic rings. The summed E-state index contributed by atoms with van der Waals surface area (Å²) in [7, 11) is 0. The molecule has 0 atom stereocenters. The topological polar surface area (TPSA) is 75.3 Å². The molecule has 0 aromatic heterocycles. The van der Waals surface area contributed by atoms with Crippen LogP contribution in [0.3, 0.4) is 0 Å². The predicted octanol–water partition coefficient (Wildman–Crippen LogP) is 2.71. The number of halogens is 1. The highest BCUT2D eigenvalue weighted by Crippen LogP contribution is 2.48. The third kappa shape index (κ3) is 2.39. The summed E-state index contributed by atoms with van der Waals surface area (Å²) in [6.07, 6.45) is 3.32. The summed E-state index contributed by atoms with van der Waals surface area (Å²) < 4.78 is 13.7. The van der Waals surface area contributed by atoms with E-state index in [1.54, 1.807) is 0 Å². The molecule has 0 heterocycles. The minimum absolute atomic E-state index is 0.0535. The SMILES string of the molecule is CCC1(CNc2cc(C(=O)O)c(N)cc2F)CC1. The second-order valence-electron chi connectivity index (χ2n) is 4.93. The van der Waals surface area contributed by atoms with Crippen LogP contribution in [0.2, 0.25) is 0 Å². The normalized spacial score (nSPS) is 16.3. The van der Waals surface area contributed by atoms with Crippen LogP contribution in [0.1, 0.15) is 36.5 Å². The zero-order valence-corrected chi connectivity index (χ0v) is 10.3. The first-order valence-electron chi connectivity index (χ1n) is 6.03. The van der Waals surface area contributed by atoms with Gasteiger partial charge in [-0.25, -0.2) is 9.18 Å². The quantitative estimate of drug-likeness (QED) is 0.704. The van der Waals surface area contributed by atoms with Gasteiger partial charge < -0.3 is 16.2 Å². The number of aromatic carboxylic acids is 1. The average molecular weight is 252 g/mol. The molecule has 0 spiro atoms. The molecular formula is C13H17FN2O2. The van der Waals surface area contributed by atoms with Crippen LogP contribution in [-0.2, 0) is 0 Å². The molecule has 0 aliphatic heterocycles. The van der Waals surface area contributed by atoms with E-state index in [9.17, 15) is 9.18 Å². The molecule has 0 unspecified atom stereocenters. The number of nitrogens with two attached hydrogens (primary N) is 1. The van der Waals surface area contributed by atoms with Gasteiger partial charge in [0.25, 0.3) is 0 Å². The van der Waals surface area contributed by atoms with Crippen LogP contribution in [0, 0.1) is 11.2 Å². The highest BCUT2D eigenvalue weighted by molar-refractivity contribution is 5.94. The van der Waals surface area contributed by atoms with E-state index in [0.29, 0.717) is 6.54 Å².